The van der Waals surface area contributed by atoms with Crippen LogP contribution in [-0.4, -0.2) is 72.1 Å². The minimum atomic E-state index is -0.791. The maximum absolute atomic E-state index is 10.7. The number of nitrogens with zero attached hydrogens (tertiary/aromatic N) is 4. The average Bonchev–Trinajstić information content (AvgIpc) is 2.93. The van der Waals surface area contributed by atoms with Gasteiger partial charge in [-0.3, -0.25) is 9.69 Å². The van der Waals surface area contributed by atoms with Crippen molar-refractivity contribution in [3.8, 4) is 0 Å². The van der Waals surface area contributed by atoms with Crippen LogP contribution in [0.5, 0.6) is 0 Å². The second-order valence-electron chi connectivity index (χ2n) is 4.31. The molecule has 1 aliphatic heterocycles. The number of anilines is 1. The summed E-state index contributed by atoms with van der Waals surface area (Å²) >= 11 is 1.44. The van der Waals surface area contributed by atoms with Crippen molar-refractivity contribution in [1.82, 2.24) is 15.1 Å². The second kappa shape index (κ2) is 7.37. The summed E-state index contributed by atoms with van der Waals surface area (Å²) in [6.07, 6.45) is 0.114. The standard InChI is InChI=1S/C11H18N4O3S/c16-10(17)1-2-15(11-13-12-9-19-11)4-3-14-5-7-18-8-6-14/h9H,1-8H2,(H,16,17). The second-order valence-corrected chi connectivity index (χ2v) is 5.12. The molecule has 0 unspecified atom stereocenters. The Morgan fingerprint density at radius 1 is 1.47 bits per heavy atom. The summed E-state index contributed by atoms with van der Waals surface area (Å²) in [4.78, 5) is 15.0. The summed E-state index contributed by atoms with van der Waals surface area (Å²) in [5, 5.41) is 17.4. The lowest BCUT2D eigenvalue weighted by Gasteiger charge is -2.29. The number of aromatic nitrogens is 2. The van der Waals surface area contributed by atoms with E-state index >= 15 is 0 Å². The minimum Gasteiger partial charge on any atom is -0.481 e. The smallest absolute Gasteiger partial charge is 0.305 e. The Kier molecular flexibility index (Phi) is 5.49. The summed E-state index contributed by atoms with van der Waals surface area (Å²) in [5.41, 5.74) is 1.66. The van der Waals surface area contributed by atoms with Crippen molar-refractivity contribution in [3.63, 3.8) is 0 Å². The van der Waals surface area contributed by atoms with Crippen LogP contribution in [0.3, 0.4) is 0 Å². The SMILES string of the molecule is O=C(O)CCN(CCN1CCOCC1)c1nncs1. The fraction of sp³-hybridized carbons (Fsp3) is 0.727. The first-order chi connectivity index (χ1) is 9.25. The summed E-state index contributed by atoms with van der Waals surface area (Å²) in [6.45, 7) is 5.54. The van der Waals surface area contributed by atoms with Gasteiger partial charge in [-0.2, -0.15) is 0 Å². The van der Waals surface area contributed by atoms with Gasteiger partial charge in [0.1, 0.15) is 5.51 Å². The van der Waals surface area contributed by atoms with Gasteiger partial charge in [-0.1, -0.05) is 11.3 Å². The molecule has 1 N–H and O–H groups in total. The van der Waals surface area contributed by atoms with E-state index in [-0.39, 0.29) is 6.42 Å². The Morgan fingerprint density at radius 2 is 2.26 bits per heavy atom. The van der Waals surface area contributed by atoms with Crippen molar-refractivity contribution in [3.05, 3.63) is 5.51 Å². The summed E-state index contributed by atoms with van der Waals surface area (Å²) in [7, 11) is 0. The van der Waals surface area contributed by atoms with Gasteiger partial charge in [-0.15, -0.1) is 10.2 Å². The van der Waals surface area contributed by atoms with Crippen LogP contribution in [0.1, 0.15) is 6.42 Å². The van der Waals surface area contributed by atoms with Gasteiger partial charge in [-0.05, 0) is 0 Å². The van der Waals surface area contributed by atoms with E-state index in [0.29, 0.717) is 6.54 Å². The first kappa shape index (κ1) is 14.2. The van der Waals surface area contributed by atoms with E-state index < -0.39 is 5.97 Å². The number of carbonyl (C=O) groups is 1. The highest BCUT2D eigenvalue weighted by Gasteiger charge is 2.15. The van der Waals surface area contributed by atoms with E-state index in [2.05, 4.69) is 15.1 Å². The number of carboxylic acids is 1. The van der Waals surface area contributed by atoms with Crippen LogP contribution >= 0.6 is 11.3 Å². The predicted octanol–water partition coefficient (Wildman–Crippen LogP) is 0.151. The lowest BCUT2D eigenvalue weighted by Crippen LogP contribution is -2.42. The van der Waals surface area contributed by atoms with Crippen molar-refractivity contribution in [2.45, 2.75) is 6.42 Å². The highest BCUT2D eigenvalue weighted by molar-refractivity contribution is 7.13. The lowest BCUT2D eigenvalue weighted by molar-refractivity contribution is -0.136. The molecule has 1 fully saturated rings. The van der Waals surface area contributed by atoms with Crippen LogP contribution in [-0.2, 0) is 9.53 Å². The number of rotatable bonds is 7. The zero-order valence-corrected chi connectivity index (χ0v) is 11.5. The Labute approximate surface area is 115 Å². The van der Waals surface area contributed by atoms with Gasteiger partial charge < -0.3 is 14.7 Å². The predicted molar refractivity (Wildman–Crippen MR) is 71.6 cm³/mol. The zero-order chi connectivity index (χ0) is 13.5. The highest BCUT2D eigenvalue weighted by atomic mass is 32.1. The third-order valence-corrected chi connectivity index (χ3v) is 3.75. The van der Waals surface area contributed by atoms with E-state index in [1.165, 1.54) is 11.3 Å². The molecular weight excluding hydrogens is 268 g/mol. The molecule has 0 saturated carbocycles. The molecule has 1 saturated heterocycles. The molecule has 106 valence electrons. The summed E-state index contributed by atoms with van der Waals surface area (Å²) in [6, 6.07) is 0. The van der Waals surface area contributed by atoms with Crippen LogP contribution in [0.25, 0.3) is 0 Å². The molecule has 0 spiro atoms. The Hall–Kier alpha value is -1.25. The molecule has 0 aromatic carbocycles. The highest BCUT2D eigenvalue weighted by Crippen LogP contribution is 2.16. The molecule has 19 heavy (non-hydrogen) atoms. The maximum Gasteiger partial charge on any atom is 0.305 e. The van der Waals surface area contributed by atoms with Crippen LogP contribution in [0.2, 0.25) is 0 Å². The van der Waals surface area contributed by atoms with Crippen LogP contribution < -0.4 is 4.90 Å². The monoisotopic (exact) mass is 286 g/mol. The number of morpholine rings is 1. The van der Waals surface area contributed by atoms with Crippen molar-refractivity contribution >= 4 is 22.4 Å². The van der Waals surface area contributed by atoms with Crippen molar-refractivity contribution in [2.75, 3.05) is 50.8 Å². The minimum absolute atomic E-state index is 0.114. The molecule has 0 atom stereocenters. The topological polar surface area (TPSA) is 78.8 Å². The van der Waals surface area contributed by atoms with E-state index in [1.54, 1.807) is 5.51 Å². The third-order valence-electron chi connectivity index (χ3n) is 3.00. The molecule has 2 rings (SSSR count). The first-order valence-electron chi connectivity index (χ1n) is 6.29. The van der Waals surface area contributed by atoms with E-state index in [1.807, 2.05) is 4.90 Å². The zero-order valence-electron chi connectivity index (χ0n) is 10.7. The van der Waals surface area contributed by atoms with Crippen molar-refractivity contribution in [1.29, 1.82) is 0 Å². The number of ether oxygens (including phenoxy) is 1. The van der Waals surface area contributed by atoms with E-state index in [4.69, 9.17) is 9.84 Å². The number of hydrogen-bond acceptors (Lipinski definition) is 7. The quantitative estimate of drug-likeness (QED) is 0.764. The number of aliphatic carboxylic acids is 1. The van der Waals surface area contributed by atoms with Crippen molar-refractivity contribution in [2.24, 2.45) is 0 Å². The molecule has 1 aromatic heterocycles. The van der Waals surface area contributed by atoms with Gasteiger partial charge in [0.25, 0.3) is 0 Å². The molecule has 2 heterocycles. The molecule has 8 heteroatoms. The molecule has 0 radical (unpaired) electrons. The first-order valence-corrected chi connectivity index (χ1v) is 7.16. The lowest BCUT2D eigenvalue weighted by atomic mass is 10.3. The molecule has 0 bridgehead atoms. The maximum atomic E-state index is 10.7. The third kappa shape index (κ3) is 4.73. The van der Waals surface area contributed by atoms with Gasteiger partial charge in [0.2, 0.25) is 5.13 Å². The summed E-state index contributed by atoms with van der Waals surface area (Å²) in [5.74, 6) is -0.791. The van der Waals surface area contributed by atoms with Gasteiger partial charge >= 0.3 is 5.97 Å². The van der Waals surface area contributed by atoms with Gasteiger partial charge in [0, 0.05) is 32.7 Å². The van der Waals surface area contributed by atoms with Gasteiger partial charge in [0.05, 0.1) is 19.6 Å². The average molecular weight is 286 g/mol. The molecule has 1 aromatic rings. The van der Waals surface area contributed by atoms with E-state index in [0.717, 1.165) is 44.5 Å². The van der Waals surface area contributed by atoms with Crippen molar-refractivity contribution < 1.29 is 14.6 Å². The largest absolute Gasteiger partial charge is 0.481 e. The van der Waals surface area contributed by atoms with Crippen LogP contribution in [0.4, 0.5) is 5.13 Å². The molecule has 0 amide bonds. The number of carboxylic acid groups (broad SMARTS) is 1. The van der Waals surface area contributed by atoms with Gasteiger partial charge in [0.15, 0.2) is 0 Å². The Bertz CT molecular complexity index is 381. The van der Waals surface area contributed by atoms with E-state index in [9.17, 15) is 4.79 Å². The summed E-state index contributed by atoms with van der Waals surface area (Å²) < 4.78 is 5.30. The number of hydrogen-bond donors (Lipinski definition) is 1. The fourth-order valence-electron chi connectivity index (χ4n) is 1.93. The van der Waals surface area contributed by atoms with Crippen LogP contribution in [0, 0.1) is 0 Å². The van der Waals surface area contributed by atoms with Gasteiger partial charge in [-0.25, -0.2) is 0 Å². The van der Waals surface area contributed by atoms with Crippen LogP contribution in [0.15, 0.2) is 5.51 Å². The molecule has 1 aliphatic rings. The molecule has 0 aliphatic carbocycles. The molecular formula is C11H18N4O3S. The molecule has 7 nitrogen and oxygen atoms in total. The Morgan fingerprint density at radius 3 is 2.89 bits per heavy atom. The Balaban J connectivity index is 1.84. The fourth-order valence-corrected chi connectivity index (χ4v) is 2.54. The normalized spacial score (nSPS) is 16.4.